The predicted octanol–water partition coefficient (Wildman–Crippen LogP) is -2.31. The second kappa shape index (κ2) is 6.90. The van der Waals surface area contributed by atoms with Gasteiger partial charge in [-0.25, -0.2) is 13.6 Å². The quantitative estimate of drug-likeness (QED) is 0.517. The summed E-state index contributed by atoms with van der Waals surface area (Å²) in [4.78, 5) is 13.5. The van der Waals surface area contributed by atoms with E-state index in [0.29, 0.717) is 6.54 Å². The van der Waals surface area contributed by atoms with Crippen molar-refractivity contribution in [2.24, 2.45) is 5.14 Å². The van der Waals surface area contributed by atoms with E-state index in [0.717, 1.165) is 32.6 Å². The highest BCUT2D eigenvalue weighted by Gasteiger charge is 2.12. The molecule has 100 valence electrons. The minimum absolute atomic E-state index is 0.0732. The van der Waals surface area contributed by atoms with Crippen LogP contribution in [0.2, 0.25) is 0 Å². The molecule has 0 unspecified atom stereocenters. The molecule has 4 N–H and O–H groups in total. The molecule has 1 saturated heterocycles. The van der Waals surface area contributed by atoms with Gasteiger partial charge < -0.3 is 10.6 Å². The Balaban J connectivity index is 2.19. The van der Waals surface area contributed by atoms with Crippen molar-refractivity contribution in [3.63, 3.8) is 0 Å². The molecule has 1 heterocycles. The molecule has 17 heavy (non-hydrogen) atoms. The summed E-state index contributed by atoms with van der Waals surface area (Å²) in [6.45, 7) is 3.96. The fourth-order valence-electron chi connectivity index (χ4n) is 1.65. The maximum absolute atomic E-state index is 11.5. The molecule has 1 fully saturated rings. The Kier molecular flexibility index (Phi) is 5.83. The lowest BCUT2D eigenvalue weighted by Gasteiger charge is -2.18. The summed E-state index contributed by atoms with van der Waals surface area (Å²) in [5.74, 6) is -0.379. The molecule has 8 heteroatoms. The summed E-state index contributed by atoms with van der Waals surface area (Å²) in [6.07, 6.45) is 1.02. The molecule has 0 aromatic carbocycles. The molecule has 0 atom stereocenters. The van der Waals surface area contributed by atoms with E-state index in [9.17, 15) is 13.2 Å². The van der Waals surface area contributed by atoms with Gasteiger partial charge in [-0.2, -0.15) is 0 Å². The van der Waals surface area contributed by atoms with E-state index in [-0.39, 0.29) is 18.2 Å². The Hall–Kier alpha value is -0.700. The molecular formula is C9H20N4O3S. The molecule has 7 nitrogen and oxygen atoms in total. The van der Waals surface area contributed by atoms with Gasteiger partial charge in [-0.05, 0) is 19.5 Å². The average molecular weight is 264 g/mol. The Morgan fingerprint density at radius 2 is 2.12 bits per heavy atom. The van der Waals surface area contributed by atoms with Gasteiger partial charge in [-0.3, -0.25) is 9.69 Å². The van der Waals surface area contributed by atoms with E-state index in [1.165, 1.54) is 0 Å². The van der Waals surface area contributed by atoms with Crippen molar-refractivity contribution in [3.8, 4) is 0 Å². The fraction of sp³-hybridized carbons (Fsp3) is 0.889. The van der Waals surface area contributed by atoms with Crippen molar-refractivity contribution in [2.75, 3.05) is 45.0 Å². The first-order valence-corrected chi connectivity index (χ1v) is 7.39. The monoisotopic (exact) mass is 264 g/mol. The third kappa shape index (κ3) is 7.27. The second-order valence-electron chi connectivity index (χ2n) is 4.10. The largest absolute Gasteiger partial charge is 0.354 e. The second-order valence-corrected chi connectivity index (χ2v) is 5.83. The topological polar surface area (TPSA) is 105 Å². The number of carbonyl (C=O) groups is 1. The number of primary sulfonamides is 1. The van der Waals surface area contributed by atoms with Crippen LogP contribution in [0.4, 0.5) is 0 Å². The van der Waals surface area contributed by atoms with E-state index in [4.69, 9.17) is 5.14 Å². The van der Waals surface area contributed by atoms with Crippen LogP contribution in [-0.2, 0) is 14.8 Å². The lowest BCUT2D eigenvalue weighted by Crippen LogP contribution is -2.40. The Labute approximate surface area is 102 Å². The van der Waals surface area contributed by atoms with Crippen LogP contribution in [0.15, 0.2) is 0 Å². The van der Waals surface area contributed by atoms with Gasteiger partial charge in [0.2, 0.25) is 15.9 Å². The first-order chi connectivity index (χ1) is 7.97. The van der Waals surface area contributed by atoms with Crippen molar-refractivity contribution < 1.29 is 13.2 Å². The zero-order chi connectivity index (χ0) is 12.7. The van der Waals surface area contributed by atoms with Gasteiger partial charge in [-0.15, -0.1) is 0 Å². The van der Waals surface area contributed by atoms with Crippen LogP contribution < -0.4 is 15.8 Å². The fourth-order valence-corrected chi connectivity index (χ4v) is 2.04. The van der Waals surface area contributed by atoms with Crippen LogP contribution in [0.25, 0.3) is 0 Å². The first kappa shape index (κ1) is 14.4. The molecular weight excluding hydrogens is 244 g/mol. The number of nitrogens with two attached hydrogens (primary N) is 1. The molecule has 0 bridgehead atoms. The zero-order valence-electron chi connectivity index (χ0n) is 9.81. The van der Waals surface area contributed by atoms with Crippen molar-refractivity contribution in [1.82, 2.24) is 15.5 Å². The number of carbonyl (C=O) groups excluding carboxylic acids is 1. The summed E-state index contributed by atoms with van der Waals surface area (Å²) in [6, 6.07) is 0. The first-order valence-electron chi connectivity index (χ1n) is 5.67. The molecule has 0 aliphatic carbocycles. The molecule has 0 aromatic heterocycles. The van der Waals surface area contributed by atoms with Crippen molar-refractivity contribution in [2.45, 2.75) is 6.42 Å². The van der Waals surface area contributed by atoms with Gasteiger partial charge in [0, 0.05) is 19.6 Å². The molecule has 0 aromatic rings. The van der Waals surface area contributed by atoms with Crippen molar-refractivity contribution in [1.29, 1.82) is 0 Å². The lowest BCUT2D eigenvalue weighted by atomic mass is 10.4. The zero-order valence-corrected chi connectivity index (χ0v) is 10.6. The smallest absolute Gasteiger partial charge is 0.234 e. The summed E-state index contributed by atoms with van der Waals surface area (Å²) in [5.41, 5.74) is 0. The molecule has 0 radical (unpaired) electrons. The highest BCUT2D eigenvalue weighted by molar-refractivity contribution is 7.89. The number of sulfonamides is 1. The molecule has 1 rings (SSSR count). The molecule has 1 aliphatic rings. The molecule has 0 saturated carbocycles. The summed E-state index contributed by atoms with van der Waals surface area (Å²) in [5, 5.41) is 10.6. The van der Waals surface area contributed by atoms with Crippen molar-refractivity contribution >= 4 is 15.9 Å². The van der Waals surface area contributed by atoms with Crippen LogP contribution in [0.3, 0.4) is 0 Å². The maximum atomic E-state index is 11.5. The van der Waals surface area contributed by atoms with Crippen LogP contribution in [-0.4, -0.2) is 64.2 Å². The molecule has 1 aliphatic heterocycles. The van der Waals surface area contributed by atoms with Crippen LogP contribution >= 0.6 is 0 Å². The lowest BCUT2D eigenvalue weighted by molar-refractivity contribution is -0.122. The van der Waals surface area contributed by atoms with E-state index in [1.54, 1.807) is 0 Å². The van der Waals surface area contributed by atoms with Gasteiger partial charge in [0.05, 0.1) is 12.3 Å². The van der Waals surface area contributed by atoms with Crippen molar-refractivity contribution in [3.05, 3.63) is 0 Å². The highest BCUT2D eigenvalue weighted by atomic mass is 32.2. The van der Waals surface area contributed by atoms with Gasteiger partial charge in [-0.1, -0.05) is 0 Å². The standard InChI is InChI=1S/C9H20N4O3S/c10-17(15,16)7-4-12-9(14)8-13-5-1-2-11-3-6-13/h11H,1-8H2,(H,12,14)(H2,10,15,16). The highest BCUT2D eigenvalue weighted by Crippen LogP contribution is 1.94. The number of nitrogens with one attached hydrogen (secondary N) is 2. The maximum Gasteiger partial charge on any atom is 0.234 e. The van der Waals surface area contributed by atoms with Crippen LogP contribution in [0.5, 0.6) is 0 Å². The van der Waals surface area contributed by atoms with E-state index in [1.807, 2.05) is 4.90 Å². The normalized spacial score (nSPS) is 18.6. The number of amides is 1. The SMILES string of the molecule is NS(=O)(=O)CCNC(=O)CN1CCCNCC1. The van der Waals surface area contributed by atoms with E-state index >= 15 is 0 Å². The summed E-state index contributed by atoms with van der Waals surface area (Å²) >= 11 is 0. The minimum atomic E-state index is -3.50. The minimum Gasteiger partial charge on any atom is -0.354 e. The molecule has 1 amide bonds. The molecule has 0 spiro atoms. The predicted molar refractivity (Wildman–Crippen MR) is 64.9 cm³/mol. The van der Waals surface area contributed by atoms with Crippen LogP contribution in [0, 0.1) is 0 Å². The summed E-state index contributed by atoms with van der Waals surface area (Å²) in [7, 11) is -3.50. The number of rotatable bonds is 5. The van der Waals surface area contributed by atoms with Crippen LogP contribution in [0.1, 0.15) is 6.42 Å². The third-order valence-corrected chi connectivity index (χ3v) is 3.28. The van der Waals surface area contributed by atoms with E-state index < -0.39 is 10.0 Å². The summed E-state index contributed by atoms with van der Waals surface area (Å²) < 4.78 is 21.3. The van der Waals surface area contributed by atoms with Gasteiger partial charge >= 0.3 is 0 Å². The van der Waals surface area contributed by atoms with Gasteiger partial charge in [0.15, 0.2) is 0 Å². The number of nitrogens with zero attached hydrogens (tertiary/aromatic N) is 1. The Morgan fingerprint density at radius 3 is 2.82 bits per heavy atom. The van der Waals surface area contributed by atoms with E-state index in [2.05, 4.69) is 10.6 Å². The Bertz CT molecular complexity index is 336. The van der Waals surface area contributed by atoms with Gasteiger partial charge in [0.25, 0.3) is 0 Å². The number of hydrogen-bond acceptors (Lipinski definition) is 5. The Morgan fingerprint density at radius 1 is 1.35 bits per heavy atom. The average Bonchev–Trinajstić information content (AvgIpc) is 2.44. The third-order valence-electron chi connectivity index (χ3n) is 2.51. The number of hydrogen-bond donors (Lipinski definition) is 3. The van der Waals surface area contributed by atoms with Gasteiger partial charge in [0.1, 0.15) is 0 Å².